The first-order chi connectivity index (χ1) is 14.3. The average Bonchev–Trinajstić information content (AvgIpc) is 3.17. The Morgan fingerprint density at radius 1 is 1.13 bits per heavy atom. The number of carboxylic acids is 1. The van der Waals surface area contributed by atoms with Crippen LogP contribution in [0.4, 0.5) is 5.69 Å². The van der Waals surface area contributed by atoms with Crippen LogP contribution >= 0.6 is 0 Å². The van der Waals surface area contributed by atoms with E-state index < -0.39 is 21.9 Å². The summed E-state index contributed by atoms with van der Waals surface area (Å²) in [5, 5.41) is 9.47. The highest BCUT2D eigenvalue weighted by Crippen LogP contribution is 2.36. The van der Waals surface area contributed by atoms with Crippen LogP contribution in [0.25, 0.3) is 0 Å². The molecule has 6 nitrogen and oxygen atoms in total. The number of benzene rings is 2. The van der Waals surface area contributed by atoms with Crippen LogP contribution in [0, 0.1) is 6.92 Å². The molecule has 0 bridgehead atoms. The number of fused-ring (bicyclic) bond motifs is 1. The molecule has 2 aromatic carbocycles. The Labute approximate surface area is 178 Å². The molecule has 1 aliphatic carbocycles. The molecular weight excluding hydrogens is 400 g/mol. The Morgan fingerprint density at radius 3 is 2.53 bits per heavy atom. The molecule has 7 heteroatoms. The summed E-state index contributed by atoms with van der Waals surface area (Å²) in [5.41, 5.74) is 3.90. The molecule has 4 rings (SSSR count). The molecule has 2 aromatic rings. The number of carboxylic acid groups (broad SMARTS) is 1. The van der Waals surface area contributed by atoms with E-state index in [0.717, 1.165) is 11.3 Å². The van der Waals surface area contributed by atoms with Crippen LogP contribution in [0.3, 0.4) is 0 Å². The number of aliphatic carboxylic acids is 1. The van der Waals surface area contributed by atoms with Crippen LogP contribution < -0.4 is 4.90 Å². The first kappa shape index (κ1) is 20.9. The number of hydrogen-bond acceptors (Lipinski definition) is 4. The number of sulfonamides is 1. The highest BCUT2D eigenvalue weighted by atomic mass is 32.2. The largest absolute Gasteiger partial charge is 0.481 e. The van der Waals surface area contributed by atoms with E-state index in [9.17, 15) is 18.3 Å². The summed E-state index contributed by atoms with van der Waals surface area (Å²) in [5.74, 6) is -1.50. The summed E-state index contributed by atoms with van der Waals surface area (Å²) in [6.07, 6.45) is 1.92. The van der Waals surface area contributed by atoms with E-state index in [1.165, 1.54) is 5.56 Å². The van der Waals surface area contributed by atoms with Gasteiger partial charge in [0.2, 0.25) is 10.0 Å². The predicted molar refractivity (Wildman–Crippen MR) is 117 cm³/mol. The van der Waals surface area contributed by atoms with Crippen LogP contribution in [0.5, 0.6) is 0 Å². The molecule has 30 heavy (non-hydrogen) atoms. The van der Waals surface area contributed by atoms with Gasteiger partial charge in [0.15, 0.2) is 0 Å². The molecule has 1 saturated heterocycles. The van der Waals surface area contributed by atoms with Gasteiger partial charge < -0.3 is 10.0 Å². The standard InChI is InChI=1S/C23H28N2O4S/c1-3-18-15-24(19-8-4-16(2)5-9-19)12-13-25(18)30(28,29)20-10-6-17-7-11-21(23(26)27)22(17)14-20/h4-6,8-10,14,18,21H,3,7,11-13,15H2,1-2H3,(H,26,27). The lowest BCUT2D eigenvalue weighted by molar-refractivity contribution is -0.138. The average molecular weight is 429 g/mol. The molecule has 2 unspecified atom stereocenters. The lowest BCUT2D eigenvalue weighted by Gasteiger charge is -2.41. The predicted octanol–water partition coefficient (Wildman–Crippen LogP) is 3.40. The molecule has 1 aliphatic heterocycles. The van der Waals surface area contributed by atoms with Gasteiger partial charge in [-0.05, 0) is 61.6 Å². The molecule has 0 saturated carbocycles. The van der Waals surface area contributed by atoms with Crippen molar-refractivity contribution in [3.63, 3.8) is 0 Å². The van der Waals surface area contributed by atoms with Crippen molar-refractivity contribution in [2.45, 2.75) is 50.0 Å². The van der Waals surface area contributed by atoms with E-state index in [1.807, 2.05) is 6.92 Å². The third kappa shape index (κ3) is 3.72. The minimum absolute atomic E-state index is 0.131. The Bertz CT molecular complexity index is 1050. The maximum atomic E-state index is 13.5. The van der Waals surface area contributed by atoms with Gasteiger partial charge in [-0.15, -0.1) is 0 Å². The van der Waals surface area contributed by atoms with Gasteiger partial charge in [0, 0.05) is 31.4 Å². The quantitative estimate of drug-likeness (QED) is 0.790. The summed E-state index contributed by atoms with van der Waals surface area (Å²) < 4.78 is 28.6. The van der Waals surface area contributed by atoms with Crippen LogP contribution in [0.2, 0.25) is 0 Å². The van der Waals surface area contributed by atoms with Gasteiger partial charge in [-0.2, -0.15) is 4.31 Å². The normalized spacial score (nSPS) is 22.1. The number of anilines is 1. The van der Waals surface area contributed by atoms with E-state index in [4.69, 9.17) is 0 Å². The van der Waals surface area contributed by atoms with Crippen molar-refractivity contribution in [2.24, 2.45) is 0 Å². The van der Waals surface area contributed by atoms with Gasteiger partial charge in [0.05, 0.1) is 10.8 Å². The Kier molecular flexibility index (Phi) is 5.59. The minimum Gasteiger partial charge on any atom is -0.481 e. The zero-order valence-corrected chi connectivity index (χ0v) is 18.2. The molecular formula is C23H28N2O4S. The fourth-order valence-electron chi connectivity index (χ4n) is 4.61. The van der Waals surface area contributed by atoms with E-state index in [-0.39, 0.29) is 10.9 Å². The molecule has 2 atom stereocenters. The number of aryl methyl sites for hydroxylation is 2. The van der Waals surface area contributed by atoms with Crippen molar-refractivity contribution in [2.75, 3.05) is 24.5 Å². The second-order valence-corrected chi connectivity index (χ2v) is 10.1. The molecule has 0 amide bonds. The maximum absolute atomic E-state index is 13.5. The molecule has 2 aliphatic rings. The second kappa shape index (κ2) is 8.04. The van der Waals surface area contributed by atoms with E-state index in [1.54, 1.807) is 22.5 Å². The van der Waals surface area contributed by atoms with Crippen LogP contribution in [-0.2, 0) is 21.2 Å². The van der Waals surface area contributed by atoms with E-state index in [0.29, 0.717) is 44.5 Å². The third-order valence-corrected chi connectivity index (χ3v) is 8.35. The SMILES string of the molecule is CCC1CN(c2ccc(C)cc2)CCN1S(=O)(=O)c1ccc2c(c1)C(C(=O)O)CC2. The summed E-state index contributed by atoms with van der Waals surface area (Å²) in [4.78, 5) is 14.0. The van der Waals surface area contributed by atoms with Gasteiger partial charge >= 0.3 is 5.97 Å². The topological polar surface area (TPSA) is 77.9 Å². The molecule has 1 N–H and O–H groups in total. The fourth-order valence-corrected chi connectivity index (χ4v) is 6.33. The Balaban J connectivity index is 1.59. The van der Waals surface area contributed by atoms with Crippen molar-refractivity contribution in [3.8, 4) is 0 Å². The molecule has 160 valence electrons. The van der Waals surface area contributed by atoms with Crippen LogP contribution in [0.15, 0.2) is 47.4 Å². The number of hydrogen-bond donors (Lipinski definition) is 1. The van der Waals surface area contributed by atoms with Gasteiger partial charge in [-0.3, -0.25) is 4.79 Å². The third-order valence-electron chi connectivity index (χ3n) is 6.40. The lowest BCUT2D eigenvalue weighted by Crippen LogP contribution is -2.55. The molecule has 1 heterocycles. The number of nitrogens with zero attached hydrogens (tertiary/aromatic N) is 2. The number of rotatable bonds is 5. The first-order valence-corrected chi connectivity index (χ1v) is 11.9. The number of carbonyl (C=O) groups is 1. The van der Waals surface area contributed by atoms with Crippen LogP contribution in [0.1, 0.15) is 42.4 Å². The summed E-state index contributed by atoms with van der Waals surface area (Å²) >= 11 is 0. The van der Waals surface area contributed by atoms with Gasteiger partial charge in [0.25, 0.3) is 0 Å². The summed E-state index contributed by atoms with van der Waals surface area (Å²) in [6.45, 7) is 5.74. The highest BCUT2D eigenvalue weighted by Gasteiger charge is 2.37. The van der Waals surface area contributed by atoms with Gasteiger partial charge in [0.1, 0.15) is 0 Å². The Hall–Kier alpha value is -2.38. The minimum atomic E-state index is -3.69. The van der Waals surface area contributed by atoms with Crippen LogP contribution in [-0.4, -0.2) is 49.5 Å². The molecule has 0 radical (unpaired) electrons. The molecule has 0 aromatic heterocycles. The van der Waals surface area contributed by atoms with E-state index >= 15 is 0 Å². The lowest BCUT2D eigenvalue weighted by atomic mass is 10.0. The summed E-state index contributed by atoms with van der Waals surface area (Å²) in [7, 11) is -3.69. The van der Waals surface area contributed by atoms with Crippen molar-refractivity contribution < 1.29 is 18.3 Å². The monoisotopic (exact) mass is 428 g/mol. The maximum Gasteiger partial charge on any atom is 0.310 e. The molecule has 1 fully saturated rings. The van der Waals surface area contributed by atoms with Crippen molar-refractivity contribution in [1.82, 2.24) is 4.31 Å². The summed E-state index contributed by atoms with van der Waals surface area (Å²) in [6, 6.07) is 13.2. The fraction of sp³-hybridized carbons (Fsp3) is 0.435. The second-order valence-electron chi connectivity index (χ2n) is 8.25. The van der Waals surface area contributed by atoms with Crippen molar-refractivity contribution in [1.29, 1.82) is 0 Å². The number of piperazine rings is 1. The first-order valence-electron chi connectivity index (χ1n) is 10.5. The Morgan fingerprint density at radius 2 is 1.87 bits per heavy atom. The van der Waals surface area contributed by atoms with E-state index in [2.05, 4.69) is 36.1 Å². The van der Waals surface area contributed by atoms with Crippen molar-refractivity contribution in [3.05, 3.63) is 59.2 Å². The van der Waals surface area contributed by atoms with Crippen molar-refractivity contribution >= 4 is 21.7 Å². The van der Waals surface area contributed by atoms with Gasteiger partial charge in [-0.25, -0.2) is 8.42 Å². The van der Waals surface area contributed by atoms with Gasteiger partial charge in [-0.1, -0.05) is 30.7 Å². The molecule has 0 spiro atoms. The highest BCUT2D eigenvalue weighted by molar-refractivity contribution is 7.89. The zero-order chi connectivity index (χ0) is 21.5. The zero-order valence-electron chi connectivity index (χ0n) is 17.4. The smallest absolute Gasteiger partial charge is 0.310 e.